The van der Waals surface area contributed by atoms with Gasteiger partial charge in [-0.05, 0) is 58.9 Å². The Kier molecular flexibility index (Phi) is 5.43. The predicted octanol–water partition coefficient (Wildman–Crippen LogP) is 3.43. The lowest BCUT2D eigenvalue weighted by molar-refractivity contribution is 0.130. The van der Waals surface area contributed by atoms with E-state index in [0.717, 1.165) is 38.4 Å². The second-order valence-corrected chi connectivity index (χ2v) is 9.23. The van der Waals surface area contributed by atoms with Gasteiger partial charge in [-0.15, -0.1) is 0 Å². The number of hydrogen-bond donors (Lipinski definition) is 1. The van der Waals surface area contributed by atoms with Crippen molar-refractivity contribution in [1.29, 1.82) is 0 Å². The van der Waals surface area contributed by atoms with E-state index in [4.69, 9.17) is 4.65 Å². The fraction of sp³-hybridized carbons (Fsp3) is 0.750. The minimum absolute atomic E-state index is 0.0686. The standard InChI is InChI=1S/C16H28BNO3S/c1-5-11-17(21-16(2,3)4)13-7-6-8-14(12-13)18-22(19,20)15-9-10-15/h8,12,15,18H,5-7,9-11H2,1-4H3. The number of nitrogens with one attached hydrogen (secondary N) is 1. The summed E-state index contributed by atoms with van der Waals surface area (Å²) in [7, 11) is -3.19. The first-order chi connectivity index (χ1) is 10.2. The quantitative estimate of drug-likeness (QED) is 0.730. The SMILES string of the molecule is CCCB(OC(C)(C)C)C1=CC(NS(=O)(=O)C2CC2)=CCC1. The zero-order valence-corrected chi connectivity index (χ0v) is 15.0. The lowest BCUT2D eigenvalue weighted by Gasteiger charge is -2.28. The molecule has 6 heteroatoms. The molecule has 0 aromatic rings. The fourth-order valence-corrected chi connectivity index (χ4v) is 4.08. The van der Waals surface area contributed by atoms with Gasteiger partial charge in [-0.2, -0.15) is 0 Å². The summed E-state index contributed by atoms with van der Waals surface area (Å²) in [5.41, 5.74) is 1.72. The molecule has 124 valence electrons. The van der Waals surface area contributed by atoms with Crippen LogP contribution in [0.25, 0.3) is 0 Å². The van der Waals surface area contributed by atoms with Crippen LogP contribution >= 0.6 is 0 Å². The summed E-state index contributed by atoms with van der Waals surface area (Å²) in [5, 5.41) is -0.190. The summed E-state index contributed by atoms with van der Waals surface area (Å²) in [6.45, 7) is 8.40. The Hall–Kier alpha value is -0.745. The van der Waals surface area contributed by atoms with Gasteiger partial charge < -0.3 is 4.65 Å². The highest BCUT2D eigenvalue weighted by molar-refractivity contribution is 7.90. The van der Waals surface area contributed by atoms with Crippen LogP contribution in [-0.2, 0) is 14.7 Å². The van der Waals surface area contributed by atoms with Crippen molar-refractivity contribution in [3.63, 3.8) is 0 Å². The molecule has 4 nitrogen and oxygen atoms in total. The van der Waals surface area contributed by atoms with Crippen LogP contribution in [0.4, 0.5) is 0 Å². The van der Waals surface area contributed by atoms with Gasteiger partial charge >= 0.3 is 6.92 Å². The third-order valence-corrected chi connectivity index (χ3v) is 5.69. The molecular weight excluding hydrogens is 297 g/mol. The summed E-state index contributed by atoms with van der Waals surface area (Å²) in [5.74, 6) is 0. The molecule has 2 rings (SSSR count). The zero-order valence-electron chi connectivity index (χ0n) is 14.2. The average Bonchev–Trinajstić information content (AvgIpc) is 3.21. The first-order valence-electron chi connectivity index (χ1n) is 8.31. The van der Waals surface area contributed by atoms with Gasteiger partial charge in [-0.1, -0.05) is 24.9 Å². The minimum atomic E-state index is -3.19. The van der Waals surface area contributed by atoms with Crippen molar-refractivity contribution in [3.05, 3.63) is 23.3 Å². The molecule has 22 heavy (non-hydrogen) atoms. The van der Waals surface area contributed by atoms with E-state index in [1.54, 1.807) is 0 Å². The maximum absolute atomic E-state index is 12.1. The molecule has 0 radical (unpaired) electrons. The summed E-state index contributed by atoms with van der Waals surface area (Å²) < 4.78 is 33.1. The van der Waals surface area contributed by atoms with Crippen molar-refractivity contribution >= 4 is 16.9 Å². The second-order valence-electron chi connectivity index (χ2n) is 7.27. The van der Waals surface area contributed by atoms with Crippen molar-refractivity contribution in [3.8, 4) is 0 Å². The van der Waals surface area contributed by atoms with E-state index in [9.17, 15) is 8.42 Å². The first kappa shape index (κ1) is 17.6. The van der Waals surface area contributed by atoms with Gasteiger partial charge in [-0.25, -0.2) is 8.42 Å². The van der Waals surface area contributed by atoms with Gasteiger partial charge in [0.05, 0.1) is 5.25 Å². The molecule has 2 aliphatic carbocycles. The van der Waals surface area contributed by atoms with Gasteiger partial charge in [-0.3, -0.25) is 4.72 Å². The molecule has 0 heterocycles. The van der Waals surface area contributed by atoms with E-state index in [0.29, 0.717) is 5.70 Å². The van der Waals surface area contributed by atoms with Crippen LogP contribution in [0, 0.1) is 0 Å². The highest BCUT2D eigenvalue weighted by Gasteiger charge is 2.36. The third kappa shape index (κ3) is 5.16. The van der Waals surface area contributed by atoms with Gasteiger partial charge in [0.25, 0.3) is 0 Å². The smallest absolute Gasteiger partial charge is 0.323 e. The summed E-state index contributed by atoms with van der Waals surface area (Å²) >= 11 is 0. The van der Waals surface area contributed by atoms with Crippen molar-refractivity contribution < 1.29 is 13.1 Å². The molecule has 0 saturated heterocycles. The largest absolute Gasteiger partial charge is 0.427 e. The molecule has 0 aliphatic heterocycles. The van der Waals surface area contributed by atoms with Gasteiger partial charge in [0.15, 0.2) is 0 Å². The van der Waals surface area contributed by atoms with Crippen LogP contribution < -0.4 is 4.72 Å². The summed E-state index contributed by atoms with van der Waals surface area (Å²) in [6.07, 6.45) is 9.34. The number of rotatable bonds is 7. The maximum Gasteiger partial charge on any atom is 0.323 e. The van der Waals surface area contributed by atoms with Crippen molar-refractivity contribution in [2.75, 3.05) is 0 Å². The lowest BCUT2D eigenvalue weighted by Crippen LogP contribution is -2.34. The molecule has 0 bridgehead atoms. The van der Waals surface area contributed by atoms with Crippen molar-refractivity contribution in [1.82, 2.24) is 4.72 Å². The van der Waals surface area contributed by atoms with Gasteiger partial charge in [0.1, 0.15) is 0 Å². The molecule has 0 spiro atoms. The monoisotopic (exact) mass is 325 g/mol. The Bertz CT molecular complexity index is 556. The highest BCUT2D eigenvalue weighted by atomic mass is 32.2. The van der Waals surface area contributed by atoms with E-state index < -0.39 is 10.0 Å². The minimum Gasteiger partial charge on any atom is -0.427 e. The molecule has 0 amide bonds. The van der Waals surface area contributed by atoms with Crippen LogP contribution in [0.3, 0.4) is 0 Å². The van der Waals surface area contributed by atoms with E-state index in [1.165, 1.54) is 5.47 Å². The molecule has 0 unspecified atom stereocenters. The first-order valence-corrected chi connectivity index (χ1v) is 9.86. The number of hydrogen-bond acceptors (Lipinski definition) is 3. The van der Waals surface area contributed by atoms with E-state index >= 15 is 0 Å². The van der Waals surface area contributed by atoms with Gasteiger partial charge in [0, 0.05) is 11.3 Å². The summed E-state index contributed by atoms with van der Waals surface area (Å²) in [4.78, 5) is 0. The Labute approximate surface area is 135 Å². The molecule has 2 aliphatic rings. The van der Waals surface area contributed by atoms with E-state index in [2.05, 4.69) is 32.4 Å². The van der Waals surface area contributed by atoms with E-state index in [1.807, 2.05) is 12.2 Å². The van der Waals surface area contributed by atoms with Crippen LogP contribution in [0.2, 0.25) is 6.32 Å². The molecule has 0 aromatic carbocycles. The second kappa shape index (κ2) is 6.79. The van der Waals surface area contributed by atoms with Crippen LogP contribution in [-0.4, -0.2) is 26.2 Å². The molecule has 1 fully saturated rings. The molecular formula is C16H28BNO3S. The van der Waals surface area contributed by atoms with Crippen LogP contribution in [0.1, 0.15) is 59.8 Å². The van der Waals surface area contributed by atoms with E-state index in [-0.39, 0.29) is 17.8 Å². The topological polar surface area (TPSA) is 55.4 Å². The normalized spacial score (nSPS) is 19.5. The molecule has 1 saturated carbocycles. The predicted molar refractivity (Wildman–Crippen MR) is 92.2 cm³/mol. The Morgan fingerprint density at radius 3 is 2.59 bits per heavy atom. The Morgan fingerprint density at radius 1 is 1.36 bits per heavy atom. The Balaban J connectivity index is 2.10. The lowest BCUT2D eigenvalue weighted by atomic mass is 9.54. The third-order valence-electron chi connectivity index (χ3n) is 3.82. The zero-order chi connectivity index (χ0) is 16.4. The molecule has 0 aromatic heterocycles. The highest BCUT2D eigenvalue weighted by Crippen LogP contribution is 2.30. The molecule has 0 atom stereocenters. The maximum atomic E-state index is 12.1. The number of allylic oxidation sites excluding steroid dienone is 3. The number of sulfonamides is 1. The summed E-state index contributed by atoms with van der Waals surface area (Å²) in [6, 6.07) is 0. The van der Waals surface area contributed by atoms with Crippen molar-refractivity contribution in [2.45, 2.75) is 77.0 Å². The van der Waals surface area contributed by atoms with Crippen LogP contribution in [0.5, 0.6) is 0 Å². The Morgan fingerprint density at radius 2 is 2.05 bits per heavy atom. The van der Waals surface area contributed by atoms with Gasteiger partial charge in [0.2, 0.25) is 10.0 Å². The average molecular weight is 325 g/mol. The molecule has 1 N–H and O–H groups in total. The van der Waals surface area contributed by atoms with Crippen LogP contribution in [0.15, 0.2) is 23.3 Å². The fourth-order valence-electron chi connectivity index (χ4n) is 2.69. The van der Waals surface area contributed by atoms with Crippen molar-refractivity contribution in [2.24, 2.45) is 0 Å².